The molecule has 0 bridgehead atoms. The van der Waals surface area contributed by atoms with Crippen molar-refractivity contribution in [3.63, 3.8) is 0 Å². The Balaban J connectivity index is 2.05. The number of rotatable bonds is 12. The molecule has 8 nitrogen and oxygen atoms in total. The van der Waals surface area contributed by atoms with Gasteiger partial charge >= 0.3 is 6.09 Å². The number of nitrogens with one attached hydrogen (secondary N) is 3. The lowest BCUT2D eigenvalue weighted by Gasteiger charge is -2.24. The number of anilines is 1. The molecular formula is C23H32N4O4S. The van der Waals surface area contributed by atoms with Gasteiger partial charge in [-0.2, -0.15) is 0 Å². The first-order chi connectivity index (χ1) is 15.3. The Morgan fingerprint density at radius 3 is 2.38 bits per heavy atom. The SMILES string of the molecule is CC(C)C[C@H](NC(=O)OCc1ccccc1)C(=O)N[C@@H](CC(C)C)c1csc(NC=O)n1. The van der Waals surface area contributed by atoms with E-state index in [2.05, 4.69) is 34.8 Å². The maximum absolute atomic E-state index is 13.1. The zero-order chi connectivity index (χ0) is 23.5. The topological polar surface area (TPSA) is 109 Å². The molecule has 9 heteroatoms. The quantitative estimate of drug-likeness (QED) is 0.410. The number of hydrogen-bond donors (Lipinski definition) is 3. The van der Waals surface area contributed by atoms with Crippen molar-refractivity contribution in [2.24, 2.45) is 11.8 Å². The van der Waals surface area contributed by atoms with Crippen molar-refractivity contribution in [3.05, 3.63) is 47.0 Å². The van der Waals surface area contributed by atoms with Crippen molar-refractivity contribution in [2.75, 3.05) is 5.32 Å². The molecule has 0 aliphatic rings. The minimum Gasteiger partial charge on any atom is -0.445 e. The molecule has 0 saturated carbocycles. The van der Waals surface area contributed by atoms with Gasteiger partial charge in [0.15, 0.2) is 5.13 Å². The summed E-state index contributed by atoms with van der Waals surface area (Å²) in [6.45, 7) is 8.22. The molecule has 1 heterocycles. The van der Waals surface area contributed by atoms with Crippen molar-refractivity contribution in [3.8, 4) is 0 Å². The second-order valence-electron chi connectivity index (χ2n) is 8.42. The van der Waals surface area contributed by atoms with Gasteiger partial charge in [-0.1, -0.05) is 58.0 Å². The summed E-state index contributed by atoms with van der Waals surface area (Å²) in [6.07, 6.45) is 1.07. The van der Waals surface area contributed by atoms with Crippen LogP contribution < -0.4 is 16.0 Å². The molecule has 1 aromatic heterocycles. The van der Waals surface area contributed by atoms with Crippen LogP contribution in [0.5, 0.6) is 0 Å². The van der Waals surface area contributed by atoms with Crippen molar-refractivity contribution < 1.29 is 19.1 Å². The highest BCUT2D eigenvalue weighted by atomic mass is 32.1. The monoisotopic (exact) mass is 460 g/mol. The number of carbonyl (C=O) groups is 3. The van der Waals surface area contributed by atoms with Crippen LogP contribution in [0.3, 0.4) is 0 Å². The van der Waals surface area contributed by atoms with Crippen LogP contribution in [-0.4, -0.2) is 29.4 Å². The first-order valence-corrected chi connectivity index (χ1v) is 11.6. The van der Waals surface area contributed by atoms with Gasteiger partial charge in [-0.05, 0) is 30.2 Å². The van der Waals surface area contributed by atoms with Gasteiger partial charge < -0.3 is 20.7 Å². The van der Waals surface area contributed by atoms with E-state index in [0.717, 1.165) is 5.56 Å². The lowest BCUT2D eigenvalue weighted by molar-refractivity contribution is -0.124. The lowest BCUT2D eigenvalue weighted by Crippen LogP contribution is -2.48. The first kappa shape index (κ1) is 25.3. The summed E-state index contributed by atoms with van der Waals surface area (Å²) >= 11 is 1.30. The molecule has 2 rings (SSSR count). The molecule has 3 N–H and O–H groups in total. The van der Waals surface area contributed by atoms with Crippen molar-refractivity contribution in [1.29, 1.82) is 0 Å². The number of benzene rings is 1. The van der Waals surface area contributed by atoms with Crippen LogP contribution in [0.4, 0.5) is 9.93 Å². The maximum Gasteiger partial charge on any atom is 0.408 e. The minimum absolute atomic E-state index is 0.129. The van der Waals surface area contributed by atoms with Gasteiger partial charge in [0.1, 0.15) is 12.6 Å². The van der Waals surface area contributed by atoms with Crippen molar-refractivity contribution in [2.45, 2.75) is 59.2 Å². The summed E-state index contributed by atoms with van der Waals surface area (Å²) in [7, 11) is 0. The van der Waals surface area contributed by atoms with E-state index in [1.54, 1.807) is 0 Å². The Labute approximate surface area is 193 Å². The first-order valence-electron chi connectivity index (χ1n) is 10.7. The summed E-state index contributed by atoms with van der Waals surface area (Å²) in [5.74, 6) is 0.196. The Morgan fingerprint density at radius 1 is 1.06 bits per heavy atom. The summed E-state index contributed by atoms with van der Waals surface area (Å²) in [6, 6.07) is 8.29. The number of hydrogen-bond acceptors (Lipinski definition) is 6. The van der Waals surface area contributed by atoms with E-state index in [1.165, 1.54) is 11.3 Å². The van der Waals surface area contributed by atoms with Crippen molar-refractivity contribution >= 4 is 34.9 Å². The Kier molecular flexibility index (Phi) is 10.1. The number of thiazole rings is 1. The number of ether oxygens (including phenoxy) is 1. The van der Waals surface area contributed by atoms with E-state index < -0.39 is 12.1 Å². The molecule has 0 fully saturated rings. The van der Waals surface area contributed by atoms with Crippen LogP contribution in [0.25, 0.3) is 0 Å². The van der Waals surface area contributed by atoms with E-state index in [1.807, 2.05) is 49.6 Å². The zero-order valence-corrected chi connectivity index (χ0v) is 19.8. The summed E-state index contributed by atoms with van der Waals surface area (Å²) in [5.41, 5.74) is 1.55. The molecule has 2 aromatic rings. The molecule has 0 saturated heterocycles. The third-order valence-corrected chi connectivity index (χ3v) is 5.41. The van der Waals surface area contributed by atoms with E-state index in [-0.39, 0.29) is 24.5 Å². The number of amides is 3. The molecule has 1 aromatic carbocycles. The predicted molar refractivity (Wildman–Crippen MR) is 125 cm³/mol. The fraction of sp³-hybridized carbons (Fsp3) is 0.478. The molecular weight excluding hydrogens is 428 g/mol. The molecule has 174 valence electrons. The van der Waals surface area contributed by atoms with E-state index in [4.69, 9.17) is 4.74 Å². The van der Waals surface area contributed by atoms with Gasteiger partial charge in [0, 0.05) is 5.38 Å². The Bertz CT molecular complexity index is 870. The average molecular weight is 461 g/mol. The third-order valence-electron chi connectivity index (χ3n) is 4.61. The lowest BCUT2D eigenvalue weighted by atomic mass is 9.99. The molecule has 0 spiro atoms. The molecule has 0 aliphatic heterocycles. The number of nitrogens with zero attached hydrogens (tertiary/aromatic N) is 1. The highest BCUT2D eigenvalue weighted by Crippen LogP contribution is 2.25. The van der Waals surface area contributed by atoms with Crippen LogP contribution in [0, 0.1) is 11.8 Å². The number of carbonyl (C=O) groups excluding carboxylic acids is 3. The van der Waals surface area contributed by atoms with E-state index in [9.17, 15) is 14.4 Å². The zero-order valence-electron chi connectivity index (χ0n) is 19.0. The summed E-state index contributed by atoms with van der Waals surface area (Å²) < 4.78 is 5.29. The highest BCUT2D eigenvalue weighted by Gasteiger charge is 2.27. The van der Waals surface area contributed by atoms with E-state index in [0.29, 0.717) is 36.0 Å². The van der Waals surface area contributed by atoms with Gasteiger partial charge in [0.25, 0.3) is 0 Å². The van der Waals surface area contributed by atoms with Crippen LogP contribution in [0.2, 0.25) is 0 Å². The Hall–Kier alpha value is -2.94. The molecule has 32 heavy (non-hydrogen) atoms. The van der Waals surface area contributed by atoms with Crippen LogP contribution >= 0.6 is 11.3 Å². The smallest absolute Gasteiger partial charge is 0.408 e. The maximum atomic E-state index is 13.1. The van der Waals surface area contributed by atoms with Crippen molar-refractivity contribution in [1.82, 2.24) is 15.6 Å². The average Bonchev–Trinajstić information content (AvgIpc) is 3.20. The summed E-state index contributed by atoms with van der Waals surface area (Å²) in [5, 5.41) is 10.5. The van der Waals surface area contributed by atoms with Gasteiger partial charge in [-0.3, -0.25) is 9.59 Å². The largest absolute Gasteiger partial charge is 0.445 e. The summed E-state index contributed by atoms with van der Waals surface area (Å²) in [4.78, 5) is 40.5. The molecule has 0 unspecified atom stereocenters. The minimum atomic E-state index is -0.737. The van der Waals surface area contributed by atoms with Gasteiger partial charge in [0.2, 0.25) is 12.3 Å². The normalized spacial score (nSPS) is 12.8. The van der Waals surface area contributed by atoms with Gasteiger partial charge in [-0.25, -0.2) is 9.78 Å². The van der Waals surface area contributed by atoms with Gasteiger partial charge in [-0.15, -0.1) is 11.3 Å². The molecule has 0 aliphatic carbocycles. The van der Waals surface area contributed by atoms with E-state index >= 15 is 0 Å². The second-order valence-corrected chi connectivity index (χ2v) is 9.28. The number of alkyl carbamates (subject to hydrolysis) is 1. The molecule has 0 radical (unpaired) electrons. The highest BCUT2D eigenvalue weighted by molar-refractivity contribution is 7.13. The van der Waals surface area contributed by atoms with Crippen LogP contribution in [0.1, 0.15) is 57.8 Å². The van der Waals surface area contributed by atoms with Crippen LogP contribution in [-0.2, 0) is 20.9 Å². The van der Waals surface area contributed by atoms with Crippen LogP contribution in [0.15, 0.2) is 35.7 Å². The predicted octanol–water partition coefficient (Wildman–Crippen LogP) is 4.26. The molecule has 2 atom stereocenters. The Morgan fingerprint density at radius 2 is 1.75 bits per heavy atom. The molecule has 3 amide bonds. The number of aromatic nitrogens is 1. The third kappa shape index (κ3) is 8.66. The fourth-order valence-corrected chi connectivity index (χ4v) is 3.89. The fourth-order valence-electron chi connectivity index (χ4n) is 3.17. The van der Waals surface area contributed by atoms with Gasteiger partial charge in [0.05, 0.1) is 11.7 Å². The second kappa shape index (κ2) is 12.8. The standard InChI is InChI=1S/C23H32N4O4S/c1-15(2)10-18(20-13-32-22(26-20)24-14-28)25-21(29)19(11-16(3)4)27-23(30)31-12-17-8-6-5-7-9-17/h5-9,13-16,18-19H,10-12H2,1-4H3,(H,25,29)(H,27,30)(H,24,26,28)/t18-,19-/m0/s1.